The minimum Gasteiger partial charge on any atom is -0.448 e. The van der Waals surface area contributed by atoms with Crippen molar-refractivity contribution in [2.24, 2.45) is 5.41 Å². The Morgan fingerprint density at radius 3 is 2.45 bits per heavy atom. The molecule has 3 heteroatoms. The van der Waals surface area contributed by atoms with Crippen molar-refractivity contribution in [1.82, 2.24) is 5.32 Å². The molecule has 0 N–H and O–H groups in total. The molecule has 0 aliphatic carbocycles. The van der Waals surface area contributed by atoms with Gasteiger partial charge in [-0.05, 0) is 11.8 Å². The number of rotatable bonds is 3. The zero-order valence-electron chi connectivity index (χ0n) is 7.68. The maximum absolute atomic E-state index is 10.6. The van der Waals surface area contributed by atoms with Crippen LogP contribution < -0.4 is 5.32 Å². The van der Waals surface area contributed by atoms with Crippen molar-refractivity contribution < 1.29 is 9.53 Å². The van der Waals surface area contributed by atoms with Crippen LogP contribution in [0.1, 0.15) is 27.2 Å². The Hall–Kier alpha value is -0.730. The van der Waals surface area contributed by atoms with Gasteiger partial charge in [-0.1, -0.05) is 20.8 Å². The molecule has 0 fully saturated rings. The highest BCUT2D eigenvalue weighted by Gasteiger charge is 2.17. The van der Waals surface area contributed by atoms with Gasteiger partial charge in [-0.15, -0.1) is 0 Å². The highest BCUT2D eigenvalue weighted by Crippen LogP contribution is 2.19. The quantitative estimate of drug-likeness (QED) is 0.628. The van der Waals surface area contributed by atoms with Gasteiger partial charge in [0.1, 0.15) is 0 Å². The van der Waals surface area contributed by atoms with Crippen molar-refractivity contribution >= 4 is 6.09 Å². The number of carbonyl (C=O) groups excluding carboxylic acids is 1. The smallest absolute Gasteiger partial charge is 0.428 e. The minimum absolute atomic E-state index is 0.0698. The first-order valence-electron chi connectivity index (χ1n) is 3.78. The van der Waals surface area contributed by atoms with Gasteiger partial charge in [0.25, 0.3) is 0 Å². The highest BCUT2D eigenvalue weighted by molar-refractivity contribution is 5.66. The van der Waals surface area contributed by atoms with E-state index in [0.29, 0.717) is 6.61 Å². The Morgan fingerprint density at radius 1 is 1.55 bits per heavy atom. The van der Waals surface area contributed by atoms with E-state index in [9.17, 15) is 4.79 Å². The molecule has 0 aliphatic rings. The molecule has 0 rings (SSSR count). The van der Waals surface area contributed by atoms with Crippen LogP contribution in [0.3, 0.4) is 0 Å². The van der Waals surface area contributed by atoms with E-state index in [1.807, 2.05) is 0 Å². The van der Waals surface area contributed by atoms with Crippen LogP contribution in [-0.4, -0.2) is 19.7 Å². The Balaban J connectivity index is 3.61. The molecule has 0 bridgehead atoms. The summed E-state index contributed by atoms with van der Waals surface area (Å²) in [7, 11) is 1.43. The Bertz CT molecular complexity index is 132. The summed E-state index contributed by atoms with van der Waals surface area (Å²) < 4.78 is 4.84. The maximum atomic E-state index is 10.6. The van der Waals surface area contributed by atoms with E-state index in [1.54, 1.807) is 0 Å². The Kier molecular flexibility index (Phi) is 3.93. The molecule has 0 aromatic heterocycles. The molecule has 1 amide bonds. The highest BCUT2D eigenvalue weighted by atomic mass is 16.5. The fourth-order valence-corrected chi connectivity index (χ4v) is 0.424. The van der Waals surface area contributed by atoms with Crippen molar-refractivity contribution in [1.29, 1.82) is 0 Å². The molecule has 0 aromatic rings. The predicted octanol–water partition coefficient (Wildman–Crippen LogP) is 1.79. The second-order valence-corrected chi connectivity index (χ2v) is 3.30. The summed E-state index contributed by atoms with van der Waals surface area (Å²) >= 11 is 0. The van der Waals surface area contributed by atoms with Crippen molar-refractivity contribution in [3.8, 4) is 0 Å². The first-order chi connectivity index (χ1) is 5.02. The lowest BCUT2D eigenvalue weighted by atomic mass is 9.92. The largest absolute Gasteiger partial charge is 0.448 e. The Labute approximate surface area is 68.1 Å². The number of hydrogen-bond donors (Lipinski definition) is 0. The van der Waals surface area contributed by atoms with E-state index in [-0.39, 0.29) is 5.41 Å². The van der Waals surface area contributed by atoms with E-state index < -0.39 is 6.09 Å². The van der Waals surface area contributed by atoms with Crippen LogP contribution >= 0.6 is 0 Å². The van der Waals surface area contributed by atoms with Crippen LogP contribution in [0, 0.1) is 5.41 Å². The number of amides is 1. The maximum Gasteiger partial charge on any atom is 0.428 e. The summed E-state index contributed by atoms with van der Waals surface area (Å²) in [6.07, 6.45) is 0.510. The molecule has 0 aliphatic heterocycles. The van der Waals surface area contributed by atoms with Crippen LogP contribution in [0.25, 0.3) is 0 Å². The standard InChI is InChI=1S/C8H16NO2/c1-5-8(2,3)6-11-7(10)9-4/h5-6H2,1-4H3. The number of hydrogen-bond acceptors (Lipinski definition) is 2. The summed E-state index contributed by atoms with van der Waals surface area (Å²) in [5.41, 5.74) is 0.0698. The van der Waals surface area contributed by atoms with Crippen LogP contribution in [0.4, 0.5) is 4.79 Å². The topological polar surface area (TPSA) is 40.4 Å². The van der Waals surface area contributed by atoms with Crippen LogP contribution in [-0.2, 0) is 4.74 Å². The van der Waals surface area contributed by atoms with Crippen molar-refractivity contribution in [3.63, 3.8) is 0 Å². The predicted molar refractivity (Wildman–Crippen MR) is 43.5 cm³/mol. The van der Waals surface area contributed by atoms with Crippen molar-refractivity contribution in [3.05, 3.63) is 0 Å². The third-order valence-electron chi connectivity index (χ3n) is 1.73. The van der Waals surface area contributed by atoms with E-state index in [4.69, 9.17) is 4.74 Å². The summed E-state index contributed by atoms with van der Waals surface area (Å²) in [4.78, 5) is 10.6. The lowest BCUT2D eigenvalue weighted by molar-refractivity contribution is 0.0978. The second kappa shape index (κ2) is 4.21. The van der Waals surface area contributed by atoms with E-state index in [0.717, 1.165) is 6.42 Å². The fourth-order valence-electron chi connectivity index (χ4n) is 0.424. The van der Waals surface area contributed by atoms with Gasteiger partial charge in [0.2, 0.25) is 0 Å². The summed E-state index contributed by atoms with van der Waals surface area (Å²) in [6, 6.07) is 0. The van der Waals surface area contributed by atoms with Gasteiger partial charge in [-0.2, -0.15) is 0 Å². The second-order valence-electron chi connectivity index (χ2n) is 3.30. The van der Waals surface area contributed by atoms with Gasteiger partial charge in [0, 0.05) is 7.05 Å². The Morgan fingerprint density at radius 2 is 2.09 bits per heavy atom. The monoisotopic (exact) mass is 158 g/mol. The van der Waals surface area contributed by atoms with Gasteiger partial charge in [-0.3, -0.25) is 0 Å². The van der Waals surface area contributed by atoms with Crippen LogP contribution in [0.2, 0.25) is 0 Å². The first kappa shape index (κ1) is 10.3. The molecule has 0 saturated heterocycles. The molecule has 0 aromatic carbocycles. The van der Waals surface area contributed by atoms with Crippen LogP contribution in [0.5, 0.6) is 0 Å². The third-order valence-corrected chi connectivity index (χ3v) is 1.73. The first-order valence-corrected chi connectivity index (χ1v) is 3.78. The van der Waals surface area contributed by atoms with Crippen molar-refractivity contribution in [2.75, 3.05) is 13.7 Å². The fraction of sp³-hybridized carbons (Fsp3) is 0.875. The lowest BCUT2D eigenvalue weighted by Crippen LogP contribution is -2.23. The molecule has 3 nitrogen and oxygen atoms in total. The lowest BCUT2D eigenvalue weighted by Gasteiger charge is -2.21. The number of nitrogens with zero attached hydrogens (tertiary/aromatic N) is 1. The average molecular weight is 158 g/mol. The normalized spacial score (nSPS) is 10.9. The van der Waals surface area contributed by atoms with Gasteiger partial charge < -0.3 is 4.74 Å². The zero-order valence-corrected chi connectivity index (χ0v) is 7.68. The molecule has 0 saturated carbocycles. The number of carbonyl (C=O) groups is 1. The minimum atomic E-state index is -0.480. The molecular weight excluding hydrogens is 142 g/mol. The number of ether oxygens (including phenoxy) is 1. The molecule has 0 heterocycles. The summed E-state index contributed by atoms with van der Waals surface area (Å²) in [5, 5.41) is 3.36. The molecule has 0 spiro atoms. The third kappa shape index (κ3) is 4.65. The van der Waals surface area contributed by atoms with Gasteiger partial charge in [-0.25, -0.2) is 10.1 Å². The zero-order chi connectivity index (χ0) is 8.91. The molecule has 11 heavy (non-hydrogen) atoms. The average Bonchev–Trinajstić information content (AvgIpc) is 2.00. The van der Waals surface area contributed by atoms with Crippen molar-refractivity contribution in [2.45, 2.75) is 27.2 Å². The SMILES string of the molecule is CCC(C)(C)COC(=O)[N]C. The van der Waals surface area contributed by atoms with E-state index in [1.165, 1.54) is 7.05 Å². The van der Waals surface area contributed by atoms with Gasteiger partial charge in [0.05, 0.1) is 6.61 Å². The summed E-state index contributed by atoms with van der Waals surface area (Å²) in [5.74, 6) is 0. The molecular formula is C8H16NO2. The van der Waals surface area contributed by atoms with Gasteiger partial charge in [0.15, 0.2) is 0 Å². The summed E-state index contributed by atoms with van der Waals surface area (Å²) in [6.45, 7) is 6.61. The molecule has 1 radical (unpaired) electrons. The molecule has 0 atom stereocenters. The van der Waals surface area contributed by atoms with Gasteiger partial charge >= 0.3 is 6.09 Å². The molecule has 65 valence electrons. The van der Waals surface area contributed by atoms with Crippen LogP contribution in [0.15, 0.2) is 0 Å². The van der Waals surface area contributed by atoms with E-state index in [2.05, 4.69) is 26.1 Å². The molecule has 0 unspecified atom stereocenters. The van der Waals surface area contributed by atoms with E-state index >= 15 is 0 Å².